The molecule has 1 aromatic carbocycles. The molecule has 0 saturated carbocycles. The van der Waals surface area contributed by atoms with Gasteiger partial charge in [-0.05, 0) is 37.1 Å². The van der Waals surface area contributed by atoms with Crippen molar-refractivity contribution in [3.8, 4) is 5.75 Å². The van der Waals surface area contributed by atoms with E-state index < -0.39 is 21.8 Å². The standard InChI is InChI=1S/C19H23N3O6S/c1-27-16-6-5-15(11-17(16)29(25,26)22-8-3-2-4-9-22)21-18(23)12-20-19(24)14-7-10-28-13-14/h5-7,10-11,13H,2-4,8-9,12H2,1H3,(H,20,24)(H,21,23). The smallest absolute Gasteiger partial charge is 0.254 e. The number of nitrogens with one attached hydrogen (secondary N) is 2. The van der Waals surface area contributed by atoms with Gasteiger partial charge in [0.15, 0.2) is 0 Å². The largest absolute Gasteiger partial charge is 0.495 e. The van der Waals surface area contributed by atoms with Crippen molar-refractivity contribution in [2.45, 2.75) is 24.2 Å². The summed E-state index contributed by atoms with van der Waals surface area (Å²) in [6.45, 7) is 0.647. The number of carbonyl (C=O) groups is 2. The lowest BCUT2D eigenvalue weighted by Gasteiger charge is -2.26. The molecule has 1 fully saturated rings. The van der Waals surface area contributed by atoms with Gasteiger partial charge in [0.2, 0.25) is 15.9 Å². The van der Waals surface area contributed by atoms with Crippen molar-refractivity contribution in [1.29, 1.82) is 0 Å². The molecular weight excluding hydrogens is 398 g/mol. The number of methoxy groups -OCH3 is 1. The van der Waals surface area contributed by atoms with E-state index in [0.29, 0.717) is 24.3 Å². The maximum absolute atomic E-state index is 13.0. The predicted octanol–water partition coefficient (Wildman–Crippen LogP) is 1.83. The molecule has 0 spiro atoms. The lowest BCUT2D eigenvalue weighted by Crippen LogP contribution is -2.36. The van der Waals surface area contributed by atoms with Crippen LogP contribution in [0.4, 0.5) is 5.69 Å². The van der Waals surface area contributed by atoms with E-state index in [4.69, 9.17) is 9.15 Å². The van der Waals surface area contributed by atoms with Crippen LogP contribution in [0.25, 0.3) is 0 Å². The Kier molecular flexibility index (Phi) is 6.55. The van der Waals surface area contributed by atoms with Crippen LogP contribution in [0, 0.1) is 0 Å². The lowest BCUT2D eigenvalue weighted by atomic mass is 10.2. The van der Waals surface area contributed by atoms with Crippen molar-refractivity contribution in [2.24, 2.45) is 0 Å². The Morgan fingerprint density at radius 3 is 2.59 bits per heavy atom. The zero-order valence-corrected chi connectivity index (χ0v) is 16.8. The van der Waals surface area contributed by atoms with Crippen LogP contribution < -0.4 is 15.4 Å². The highest BCUT2D eigenvalue weighted by Crippen LogP contribution is 2.31. The molecule has 156 valence electrons. The summed E-state index contributed by atoms with van der Waals surface area (Å²) in [4.78, 5) is 24.0. The van der Waals surface area contributed by atoms with E-state index in [1.807, 2.05) is 0 Å². The maximum atomic E-state index is 13.0. The van der Waals surface area contributed by atoms with Crippen LogP contribution in [-0.2, 0) is 14.8 Å². The van der Waals surface area contributed by atoms with E-state index in [2.05, 4.69) is 10.6 Å². The summed E-state index contributed by atoms with van der Waals surface area (Å²) in [7, 11) is -2.34. The topological polar surface area (TPSA) is 118 Å². The number of hydrogen-bond donors (Lipinski definition) is 2. The van der Waals surface area contributed by atoms with E-state index >= 15 is 0 Å². The number of hydrogen-bond acceptors (Lipinski definition) is 6. The van der Waals surface area contributed by atoms with Gasteiger partial charge in [-0.15, -0.1) is 0 Å². The summed E-state index contributed by atoms with van der Waals surface area (Å²) in [5, 5.41) is 5.06. The highest BCUT2D eigenvalue weighted by atomic mass is 32.2. The van der Waals surface area contributed by atoms with Crippen LogP contribution in [0.1, 0.15) is 29.6 Å². The number of anilines is 1. The van der Waals surface area contributed by atoms with Gasteiger partial charge < -0.3 is 19.8 Å². The second-order valence-corrected chi connectivity index (χ2v) is 8.48. The third-order valence-corrected chi connectivity index (χ3v) is 6.49. The monoisotopic (exact) mass is 421 g/mol. The van der Waals surface area contributed by atoms with Gasteiger partial charge in [-0.1, -0.05) is 6.42 Å². The third kappa shape index (κ3) is 4.96. The Bertz CT molecular complexity index is 966. The summed E-state index contributed by atoms with van der Waals surface area (Å²) in [5.74, 6) is -0.729. The molecule has 2 aromatic rings. The number of sulfonamides is 1. The number of rotatable bonds is 7. The van der Waals surface area contributed by atoms with Crippen molar-refractivity contribution >= 4 is 27.5 Å². The molecule has 10 heteroatoms. The minimum Gasteiger partial charge on any atom is -0.495 e. The maximum Gasteiger partial charge on any atom is 0.254 e. The summed E-state index contributed by atoms with van der Waals surface area (Å²) in [6, 6.07) is 5.90. The predicted molar refractivity (Wildman–Crippen MR) is 105 cm³/mol. The highest BCUT2D eigenvalue weighted by molar-refractivity contribution is 7.89. The number of carbonyl (C=O) groups excluding carboxylic acids is 2. The van der Waals surface area contributed by atoms with Gasteiger partial charge in [0, 0.05) is 18.8 Å². The first-order valence-electron chi connectivity index (χ1n) is 9.20. The fourth-order valence-electron chi connectivity index (χ4n) is 3.06. The lowest BCUT2D eigenvalue weighted by molar-refractivity contribution is -0.115. The molecule has 0 radical (unpaired) electrons. The minimum absolute atomic E-state index is 0.00197. The average Bonchev–Trinajstić information content (AvgIpc) is 3.27. The van der Waals surface area contributed by atoms with E-state index in [0.717, 1.165) is 19.3 Å². The normalized spacial score (nSPS) is 14.9. The summed E-state index contributed by atoms with van der Waals surface area (Å²) in [5.41, 5.74) is 0.598. The third-order valence-electron chi connectivity index (χ3n) is 4.57. The first-order chi connectivity index (χ1) is 13.9. The molecule has 1 aliphatic heterocycles. The van der Waals surface area contributed by atoms with Gasteiger partial charge in [-0.25, -0.2) is 8.42 Å². The molecule has 3 rings (SSSR count). The number of amides is 2. The molecular formula is C19H23N3O6S. The minimum atomic E-state index is -3.74. The SMILES string of the molecule is COc1ccc(NC(=O)CNC(=O)c2ccoc2)cc1S(=O)(=O)N1CCCCC1. The molecule has 1 aliphatic rings. The molecule has 2 heterocycles. The van der Waals surface area contributed by atoms with E-state index in [1.165, 1.54) is 42.1 Å². The second-order valence-electron chi connectivity index (χ2n) is 6.57. The Morgan fingerprint density at radius 1 is 1.17 bits per heavy atom. The Morgan fingerprint density at radius 2 is 1.93 bits per heavy atom. The van der Waals surface area contributed by atoms with Crippen molar-refractivity contribution in [3.63, 3.8) is 0 Å². The van der Waals surface area contributed by atoms with Crippen molar-refractivity contribution in [2.75, 3.05) is 32.1 Å². The van der Waals surface area contributed by atoms with Crippen LogP contribution in [0.2, 0.25) is 0 Å². The molecule has 2 amide bonds. The molecule has 1 saturated heterocycles. The summed E-state index contributed by atoms with van der Waals surface area (Å²) < 4.78 is 37.5. The van der Waals surface area contributed by atoms with Gasteiger partial charge >= 0.3 is 0 Å². The van der Waals surface area contributed by atoms with E-state index in [9.17, 15) is 18.0 Å². The van der Waals surface area contributed by atoms with Crippen LogP contribution >= 0.6 is 0 Å². The summed E-state index contributed by atoms with van der Waals surface area (Å²) in [6.07, 6.45) is 5.26. The average molecular weight is 421 g/mol. The molecule has 1 aromatic heterocycles. The van der Waals surface area contributed by atoms with Crippen LogP contribution in [0.3, 0.4) is 0 Å². The molecule has 0 bridgehead atoms. The fourth-order valence-corrected chi connectivity index (χ4v) is 4.76. The van der Waals surface area contributed by atoms with Gasteiger partial charge in [0.05, 0.1) is 25.5 Å². The van der Waals surface area contributed by atoms with Crippen molar-refractivity contribution in [3.05, 3.63) is 42.4 Å². The fraction of sp³-hybridized carbons (Fsp3) is 0.368. The number of piperidine rings is 1. The van der Waals surface area contributed by atoms with E-state index in [1.54, 1.807) is 6.07 Å². The Labute approximate surface area is 169 Å². The van der Waals surface area contributed by atoms with Crippen LogP contribution in [-0.4, -0.2) is 51.3 Å². The van der Waals surface area contributed by atoms with Gasteiger partial charge in [0.25, 0.3) is 5.91 Å². The Balaban J connectivity index is 1.71. The van der Waals surface area contributed by atoms with Gasteiger partial charge in [-0.2, -0.15) is 4.31 Å². The quantitative estimate of drug-likeness (QED) is 0.704. The number of furan rings is 1. The van der Waals surface area contributed by atoms with Crippen LogP contribution in [0.5, 0.6) is 5.75 Å². The molecule has 0 unspecified atom stereocenters. The van der Waals surface area contributed by atoms with Crippen molar-refractivity contribution in [1.82, 2.24) is 9.62 Å². The Hall–Kier alpha value is -2.85. The number of ether oxygens (including phenoxy) is 1. The van der Waals surface area contributed by atoms with Gasteiger partial charge in [0.1, 0.15) is 16.9 Å². The zero-order chi connectivity index (χ0) is 20.9. The molecule has 0 atom stereocenters. The zero-order valence-electron chi connectivity index (χ0n) is 16.0. The highest BCUT2D eigenvalue weighted by Gasteiger charge is 2.29. The number of nitrogens with zero attached hydrogens (tertiary/aromatic N) is 1. The van der Waals surface area contributed by atoms with Crippen molar-refractivity contribution < 1.29 is 27.2 Å². The first kappa shape index (κ1) is 20.9. The molecule has 2 N–H and O–H groups in total. The molecule has 29 heavy (non-hydrogen) atoms. The number of benzene rings is 1. The first-order valence-corrected chi connectivity index (χ1v) is 10.6. The van der Waals surface area contributed by atoms with Gasteiger partial charge in [-0.3, -0.25) is 9.59 Å². The van der Waals surface area contributed by atoms with E-state index in [-0.39, 0.29) is 17.2 Å². The second kappa shape index (κ2) is 9.10. The summed E-state index contributed by atoms with van der Waals surface area (Å²) >= 11 is 0. The van der Waals surface area contributed by atoms with Crippen LogP contribution in [0.15, 0.2) is 46.1 Å². The molecule has 9 nitrogen and oxygen atoms in total. The molecule has 0 aliphatic carbocycles.